The molecule has 4 heteroatoms. The number of halogens is 2. The Labute approximate surface area is 93.3 Å². The van der Waals surface area contributed by atoms with E-state index in [2.05, 4.69) is 5.32 Å². The third-order valence-corrected chi connectivity index (χ3v) is 3.19. The second-order valence-electron chi connectivity index (χ2n) is 4.45. The van der Waals surface area contributed by atoms with Gasteiger partial charge in [0.15, 0.2) is 0 Å². The van der Waals surface area contributed by atoms with E-state index in [0.717, 1.165) is 25.5 Å². The molecule has 0 aliphatic carbocycles. The minimum Gasteiger partial charge on any atom is -0.384 e. The molecule has 0 amide bonds. The minimum absolute atomic E-state index is 0.145. The Morgan fingerprint density at radius 3 is 2.44 bits per heavy atom. The molecule has 1 aromatic carbocycles. The Morgan fingerprint density at radius 1 is 1.31 bits per heavy atom. The van der Waals surface area contributed by atoms with Gasteiger partial charge >= 0.3 is 0 Å². The van der Waals surface area contributed by atoms with Crippen LogP contribution in [0, 0.1) is 11.6 Å². The van der Waals surface area contributed by atoms with E-state index in [-0.39, 0.29) is 11.6 Å². The molecule has 2 N–H and O–H groups in total. The number of rotatable bonds is 2. The third kappa shape index (κ3) is 2.08. The molecule has 0 saturated carbocycles. The van der Waals surface area contributed by atoms with Gasteiger partial charge in [0.2, 0.25) is 0 Å². The lowest BCUT2D eigenvalue weighted by molar-refractivity contribution is 0.0212. The molecule has 1 saturated heterocycles. The Bertz CT molecular complexity index is 366. The highest BCUT2D eigenvalue weighted by Crippen LogP contribution is 2.30. The maximum Gasteiger partial charge on any atom is 0.126 e. The Kier molecular flexibility index (Phi) is 2.95. The third-order valence-electron chi connectivity index (χ3n) is 3.19. The van der Waals surface area contributed by atoms with Crippen LogP contribution in [0.3, 0.4) is 0 Å². The molecule has 1 fully saturated rings. The molecule has 2 unspecified atom stereocenters. The summed E-state index contributed by atoms with van der Waals surface area (Å²) >= 11 is 0. The van der Waals surface area contributed by atoms with E-state index in [1.807, 2.05) is 0 Å². The second kappa shape index (κ2) is 4.11. The molecule has 2 nitrogen and oxygen atoms in total. The van der Waals surface area contributed by atoms with Crippen LogP contribution in [0.1, 0.15) is 25.3 Å². The summed E-state index contributed by atoms with van der Waals surface area (Å²) < 4.78 is 26.1. The topological polar surface area (TPSA) is 32.3 Å². The van der Waals surface area contributed by atoms with Crippen molar-refractivity contribution in [3.05, 3.63) is 35.4 Å². The first-order valence-electron chi connectivity index (χ1n) is 5.42. The van der Waals surface area contributed by atoms with Crippen LogP contribution in [0.4, 0.5) is 8.78 Å². The highest BCUT2D eigenvalue weighted by atomic mass is 19.1. The number of hydrogen-bond donors (Lipinski definition) is 2. The van der Waals surface area contributed by atoms with Crippen LogP contribution in [0.5, 0.6) is 0 Å². The molecular formula is C12H15F2NO. The maximum atomic E-state index is 13.1. The van der Waals surface area contributed by atoms with E-state index < -0.39 is 17.2 Å². The van der Waals surface area contributed by atoms with Crippen molar-refractivity contribution < 1.29 is 13.9 Å². The average Bonchev–Trinajstić information content (AvgIpc) is 2.69. The van der Waals surface area contributed by atoms with Crippen LogP contribution < -0.4 is 5.32 Å². The van der Waals surface area contributed by atoms with Crippen molar-refractivity contribution in [1.82, 2.24) is 5.32 Å². The molecule has 1 aliphatic rings. The zero-order valence-corrected chi connectivity index (χ0v) is 9.13. The van der Waals surface area contributed by atoms with Gasteiger partial charge in [-0.25, -0.2) is 8.78 Å². The van der Waals surface area contributed by atoms with Gasteiger partial charge in [0, 0.05) is 12.1 Å². The van der Waals surface area contributed by atoms with Gasteiger partial charge in [-0.3, -0.25) is 0 Å². The van der Waals surface area contributed by atoms with Crippen LogP contribution >= 0.6 is 0 Å². The quantitative estimate of drug-likeness (QED) is 0.809. The SMILES string of the molecule is CC(O)(c1cc(F)cc(F)c1)C1CCCN1. The van der Waals surface area contributed by atoms with E-state index in [1.165, 1.54) is 12.1 Å². The molecule has 0 radical (unpaired) electrons. The van der Waals surface area contributed by atoms with Gasteiger partial charge in [-0.1, -0.05) is 0 Å². The summed E-state index contributed by atoms with van der Waals surface area (Å²) in [5, 5.41) is 13.5. The predicted octanol–water partition coefficient (Wildman–Crippen LogP) is 1.92. The van der Waals surface area contributed by atoms with Crippen molar-refractivity contribution >= 4 is 0 Å². The molecular weight excluding hydrogens is 212 g/mol. The second-order valence-corrected chi connectivity index (χ2v) is 4.45. The summed E-state index contributed by atoms with van der Waals surface area (Å²) in [5.41, 5.74) is -0.955. The van der Waals surface area contributed by atoms with Crippen molar-refractivity contribution in [1.29, 1.82) is 0 Å². The summed E-state index contributed by atoms with van der Waals surface area (Å²) in [6.45, 7) is 2.42. The lowest BCUT2D eigenvalue weighted by Gasteiger charge is -2.30. The molecule has 16 heavy (non-hydrogen) atoms. The molecule has 1 aliphatic heterocycles. The summed E-state index contributed by atoms with van der Waals surface area (Å²) in [6.07, 6.45) is 1.78. The Balaban J connectivity index is 2.33. The Morgan fingerprint density at radius 2 is 1.94 bits per heavy atom. The van der Waals surface area contributed by atoms with Gasteiger partial charge in [-0.2, -0.15) is 0 Å². The number of aliphatic hydroxyl groups is 1. The van der Waals surface area contributed by atoms with Crippen molar-refractivity contribution in [3.63, 3.8) is 0 Å². The summed E-state index contributed by atoms with van der Waals surface area (Å²) in [4.78, 5) is 0. The maximum absolute atomic E-state index is 13.1. The normalized spacial score (nSPS) is 24.4. The van der Waals surface area contributed by atoms with Crippen molar-refractivity contribution in [2.45, 2.75) is 31.4 Å². The van der Waals surface area contributed by atoms with Crippen LogP contribution in [0.2, 0.25) is 0 Å². The predicted molar refractivity (Wildman–Crippen MR) is 57.0 cm³/mol. The number of hydrogen-bond acceptors (Lipinski definition) is 2. The lowest BCUT2D eigenvalue weighted by Crippen LogP contribution is -2.43. The van der Waals surface area contributed by atoms with Crippen LogP contribution in [0.15, 0.2) is 18.2 Å². The van der Waals surface area contributed by atoms with Gasteiger partial charge in [-0.15, -0.1) is 0 Å². The van der Waals surface area contributed by atoms with Gasteiger partial charge in [0.25, 0.3) is 0 Å². The fourth-order valence-corrected chi connectivity index (χ4v) is 2.21. The molecule has 0 aromatic heterocycles. The van der Waals surface area contributed by atoms with E-state index in [0.29, 0.717) is 0 Å². The first-order valence-corrected chi connectivity index (χ1v) is 5.42. The van der Waals surface area contributed by atoms with E-state index in [9.17, 15) is 13.9 Å². The van der Waals surface area contributed by atoms with Gasteiger partial charge in [-0.05, 0) is 44.0 Å². The van der Waals surface area contributed by atoms with Crippen LogP contribution in [-0.2, 0) is 5.60 Å². The average molecular weight is 227 g/mol. The van der Waals surface area contributed by atoms with Gasteiger partial charge in [0.05, 0.1) is 0 Å². The molecule has 0 bridgehead atoms. The lowest BCUT2D eigenvalue weighted by atomic mass is 9.87. The summed E-state index contributed by atoms with van der Waals surface area (Å²) in [7, 11) is 0. The monoisotopic (exact) mass is 227 g/mol. The molecule has 1 aromatic rings. The smallest absolute Gasteiger partial charge is 0.126 e. The molecule has 0 spiro atoms. The van der Waals surface area contributed by atoms with E-state index in [4.69, 9.17) is 0 Å². The van der Waals surface area contributed by atoms with Crippen LogP contribution in [-0.4, -0.2) is 17.7 Å². The number of benzene rings is 1. The van der Waals surface area contributed by atoms with E-state index >= 15 is 0 Å². The zero-order chi connectivity index (χ0) is 11.8. The fraction of sp³-hybridized carbons (Fsp3) is 0.500. The Hall–Kier alpha value is -1.00. The zero-order valence-electron chi connectivity index (χ0n) is 9.13. The van der Waals surface area contributed by atoms with Gasteiger partial charge in [0.1, 0.15) is 17.2 Å². The molecule has 2 rings (SSSR count). The van der Waals surface area contributed by atoms with E-state index in [1.54, 1.807) is 6.92 Å². The first kappa shape index (κ1) is 11.5. The fourth-order valence-electron chi connectivity index (χ4n) is 2.21. The number of nitrogens with one attached hydrogen (secondary N) is 1. The summed E-state index contributed by atoms with van der Waals surface area (Å²) in [5.74, 6) is -1.32. The highest BCUT2D eigenvalue weighted by Gasteiger charge is 2.35. The van der Waals surface area contributed by atoms with Crippen LogP contribution in [0.25, 0.3) is 0 Å². The standard InChI is InChI=1S/C12H15F2NO/c1-12(16,11-3-2-4-15-11)8-5-9(13)7-10(14)6-8/h5-7,11,15-16H,2-4H2,1H3. The van der Waals surface area contributed by atoms with Gasteiger partial charge < -0.3 is 10.4 Å². The van der Waals surface area contributed by atoms with Crippen molar-refractivity contribution in [3.8, 4) is 0 Å². The highest BCUT2D eigenvalue weighted by molar-refractivity contribution is 5.25. The van der Waals surface area contributed by atoms with Crippen molar-refractivity contribution in [2.75, 3.05) is 6.54 Å². The van der Waals surface area contributed by atoms with Crippen molar-refractivity contribution in [2.24, 2.45) is 0 Å². The summed E-state index contributed by atoms with van der Waals surface area (Å²) in [6, 6.07) is 3.03. The minimum atomic E-state index is -1.24. The molecule has 2 atom stereocenters. The molecule has 1 heterocycles. The largest absolute Gasteiger partial charge is 0.384 e. The first-order chi connectivity index (χ1) is 7.50. The molecule has 88 valence electrons.